The van der Waals surface area contributed by atoms with Crippen LogP contribution in [0.25, 0.3) is 0 Å². The van der Waals surface area contributed by atoms with E-state index in [1.807, 2.05) is 0 Å². The van der Waals surface area contributed by atoms with Gasteiger partial charge in [-0.05, 0) is 77.0 Å². The van der Waals surface area contributed by atoms with E-state index >= 15 is 0 Å². The van der Waals surface area contributed by atoms with Gasteiger partial charge in [0, 0.05) is 13.0 Å². The molecule has 6 unspecified atom stereocenters. The highest BCUT2D eigenvalue weighted by Crippen LogP contribution is 2.26. The number of hydrogen-bond donors (Lipinski definition) is 4. The van der Waals surface area contributed by atoms with Crippen molar-refractivity contribution >= 4 is 16.4 Å². The molecule has 1 rings (SSSR count). The van der Waals surface area contributed by atoms with E-state index in [1.165, 1.54) is 12.8 Å². The van der Waals surface area contributed by atoms with Crippen LogP contribution in [0, 0.1) is 0 Å². The highest BCUT2D eigenvalue weighted by atomic mass is 32.3. The second kappa shape index (κ2) is 34.6. The predicted molar refractivity (Wildman–Crippen MR) is 220 cm³/mol. The summed E-state index contributed by atoms with van der Waals surface area (Å²) in [4.78, 5) is 12.8. The van der Waals surface area contributed by atoms with Crippen LogP contribution in [0.2, 0.25) is 0 Å². The van der Waals surface area contributed by atoms with E-state index < -0.39 is 59.8 Å². The first-order valence-corrected chi connectivity index (χ1v) is 22.1. The molecule has 0 aromatic heterocycles. The lowest BCUT2D eigenvalue weighted by Crippen LogP contribution is -2.60. The molecule has 0 amide bonds. The molecule has 0 aromatic carbocycles. The van der Waals surface area contributed by atoms with Gasteiger partial charge >= 0.3 is 16.4 Å². The SMILES string of the molecule is CC/C=C\C/C=C\C/C=C\C/C=C\C/C=C\CCCCOCC(COC1OC(CO)C(O)C(OS(=O)(=O)O)C1O)OC(=O)CCCCCCC/C=C\CCCC. The number of aliphatic hydroxyl groups excluding tert-OH is 3. The lowest BCUT2D eigenvalue weighted by atomic mass is 9.99. The minimum absolute atomic E-state index is 0.000991. The number of rotatable bonds is 34. The normalized spacial score (nSPS) is 21.6. The first-order valence-electron chi connectivity index (χ1n) is 20.7. The van der Waals surface area contributed by atoms with E-state index in [0.717, 1.165) is 89.9 Å². The van der Waals surface area contributed by atoms with Gasteiger partial charge in [0.2, 0.25) is 0 Å². The molecular weight excluding hydrogens is 741 g/mol. The molecule has 0 spiro atoms. The van der Waals surface area contributed by atoms with Gasteiger partial charge in [-0.2, -0.15) is 8.42 Å². The topological polar surface area (TPSA) is 178 Å². The Bertz CT molecular complexity index is 1260. The highest BCUT2D eigenvalue weighted by Gasteiger charge is 2.48. The number of carbonyl (C=O) groups is 1. The Balaban J connectivity index is 2.51. The van der Waals surface area contributed by atoms with E-state index in [9.17, 15) is 28.5 Å². The van der Waals surface area contributed by atoms with Crippen molar-refractivity contribution in [3.8, 4) is 0 Å². The minimum atomic E-state index is -5.07. The maximum absolute atomic E-state index is 12.8. The number of carbonyl (C=O) groups excluding carboxylic acids is 1. The van der Waals surface area contributed by atoms with Crippen molar-refractivity contribution in [3.63, 3.8) is 0 Å². The molecular formula is C43H72O12S. The van der Waals surface area contributed by atoms with Crippen molar-refractivity contribution < 1.29 is 56.2 Å². The van der Waals surface area contributed by atoms with Gasteiger partial charge in [-0.3, -0.25) is 9.35 Å². The molecule has 13 heteroatoms. The smallest absolute Gasteiger partial charge is 0.397 e. The lowest BCUT2D eigenvalue weighted by molar-refractivity contribution is -0.301. The molecule has 1 fully saturated rings. The van der Waals surface area contributed by atoms with Gasteiger partial charge in [-0.25, -0.2) is 4.18 Å². The Morgan fingerprint density at radius 2 is 1.23 bits per heavy atom. The Labute approximate surface area is 337 Å². The van der Waals surface area contributed by atoms with Crippen LogP contribution in [0.3, 0.4) is 0 Å². The highest BCUT2D eigenvalue weighted by molar-refractivity contribution is 7.80. The fraction of sp³-hybridized carbons (Fsp3) is 0.698. The van der Waals surface area contributed by atoms with Gasteiger partial charge in [-0.1, -0.05) is 119 Å². The van der Waals surface area contributed by atoms with Gasteiger partial charge < -0.3 is 34.3 Å². The summed E-state index contributed by atoms with van der Waals surface area (Å²) in [5.41, 5.74) is 0. The van der Waals surface area contributed by atoms with Crippen molar-refractivity contribution in [2.75, 3.05) is 26.4 Å². The average molecular weight is 813 g/mol. The number of aliphatic hydroxyl groups is 3. The zero-order valence-electron chi connectivity index (χ0n) is 33.9. The Hall–Kier alpha value is -2.46. The first-order chi connectivity index (χ1) is 27.1. The van der Waals surface area contributed by atoms with Crippen LogP contribution in [0.1, 0.15) is 129 Å². The van der Waals surface area contributed by atoms with Gasteiger partial charge in [0.1, 0.15) is 30.5 Å². The standard InChI is InChI=1S/C43H72O12S/c1-3-5-7-9-11-13-15-16-17-18-19-20-21-23-25-27-29-31-33-51-35-37(53-39(45)32-30-28-26-24-22-14-12-10-8-6-4-2)36-52-43-41(47)42(55-56(48,49)50)40(46)38(34-44)54-43/h5,7,10-13,16-17,19-20,23,25,37-38,40-44,46-47H,3-4,6,8-9,14-15,18,21-22,24,26-36H2,1-2H3,(H,48,49,50)/b7-5-,12-10-,13-11-,17-16-,20-19-,25-23-. The molecule has 1 aliphatic rings. The second-order valence-electron chi connectivity index (χ2n) is 13.8. The maximum Gasteiger partial charge on any atom is 0.397 e. The molecule has 6 atom stereocenters. The van der Waals surface area contributed by atoms with Crippen LogP contribution in [0.4, 0.5) is 0 Å². The van der Waals surface area contributed by atoms with E-state index in [2.05, 4.69) is 90.9 Å². The first kappa shape index (κ1) is 51.6. The monoisotopic (exact) mass is 812 g/mol. The molecule has 4 N–H and O–H groups in total. The number of allylic oxidation sites excluding steroid dienone is 12. The molecule has 0 aromatic rings. The van der Waals surface area contributed by atoms with Crippen molar-refractivity contribution in [2.45, 2.75) is 166 Å². The van der Waals surface area contributed by atoms with Gasteiger partial charge in [-0.15, -0.1) is 0 Å². The van der Waals surface area contributed by atoms with E-state index in [0.29, 0.717) is 13.0 Å². The van der Waals surface area contributed by atoms with Gasteiger partial charge in [0.15, 0.2) is 6.29 Å². The summed E-state index contributed by atoms with van der Waals surface area (Å²) >= 11 is 0. The fourth-order valence-corrected chi connectivity index (χ4v) is 6.19. The molecule has 0 aliphatic carbocycles. The molecule has 1 saturated heterocycles. The molecule has 56 heavy (non-hydrogen) atoms. The molecule has 0 bridgehead atoms. The number of unbranched alkanes of at least 4 members (excludes halogenated alkanes) is 9. The minimum Gasteiger partial charge on any atom is -0.457 e. The van der Waals surface area contributed by atoms with Crippen LogP contribution >= 0.6 is 0 Å². The van der Waals surface area contributed by atoms with Crippen molar-refractivity contribution in [1.29, 1.82) is 0 Å². The van der Waals surface area contributed by atoms with E-state index in [4.69, 9.17) is 23.5 Å². The van der Waals surface area contributed by atoms with E-state index in [-0.39, 0.29) is 19.6 Å². The fourth-order valence-electron chi connectivity index (χ4n) is 5.68. The third-order valence-corrected chi connectivity index (χ3v) is 9.28. The Morgan fingerprint density at radius 3 is 1.82 bits per heavy atom. The maximum atomic E-state index is 12.8. The van der Waals surface area contributed by atoms with Crippen molar-refractivity contribution in [3.05, 3.63) is 72.9 Å². The summed E-state index contributed by atoms with van der Waals surface area (Å²) in [5.74, 6) is -0.430. The van der Waals surface area contributed by atoms with Crippen molar-refractivity contribution in [1.82, 2.24) is 0 Å². The lowest BCUT2D eigenvalue weighted by Gasteiger charge is -2.41. The zero-order chi connectivity index (χ0) is 41.1. The van der Waals surface area contributed by atoms with E-state index in [1.54, 1.807) is 0 Å². The summed E-state index contributed by atoms with van der Waals surface area (Å²) in [5, 5.41) is 30.6. The quantitative estimate of drug-likeness (QED) is 0.0214. The largest absolute Gasteiger partial charge is 0.457 e. The Kier molecular flexibility index (Phi) is 31.8. The van der Waals surface area contributed by atoms with Crippen LogP contribution in [0.15, 0.2) is 72.9 Å². The summed E-state index contributed by atoms with van der Waals surface area (Å²) in [6, 6.07) is 0. The Morgan fingerprint density at radius 1 is 0.696 bits per heavy atom. The summed E-state index contributed by atoms with van der Waals surface area (Å²) in [6.07, 6.45) is 33.8. The molecule has 1 aliphatic heterocycles. The second-order valence-corrected chi connectivity index (χ2v) is 14.9. The number of esters is 1. The predicted octanol–water partition coefficient (Wildman–Crippen LogP) is 7.96. The zero-order valence-corrected chi connectivity index (χ0v) is 34.7. The van der Waals surface area contributed by atoms with Crippen LogP contribution < -0.4 is 0 Å². The van der Waals surface area contributed by atoms with Crippen molar-refractivity contribution in [2.24, 2.45) is 0 Å². The summed E-state index contributed by atoms with van der Waals surface area (Å²) in [7, 11) is -5.07. The summed E-state index contributed by atoms with van der Waals surface area (Å²) in [6.45, 7) is 3.68. The number of hydrogen-bond acceptors (Lipinski definition) is 11. The van der Waals surface area contributed by atoms with Gasteiger partial charge in [0.25, 0.3) is 0 Å². The third kappa shape index (κ3) is 28.0. The average Bonchev–Trinajstić information content (AvgIpc) is 3.17. The third-order valence-electron chi connectivity index (χ3n) is 8.81. The van der Waals surface area contributed by atoms with Gasteiger partial charge in [0.05, 0.1) is 19.8 Å². The van der Waals surface area contributed by atoms with Crippen LogP contribution in [0.5, 0.6) is 0 Å². The molecule has 1 heterocycles. The molecule has 12 nitrogen and oxygen atoms in total. The number of ether oxygens (including phenoxy) is 4. The molecule has 322 valence electrons. The molecule has 0 radical (unpaired) electrons. The summed E-state index contributed by atoms with van der Waals surface area (Å²) < 4.78 is 58.8. The molecule has 0 saturated carbocycles. The van der Waals surface area contributed by atoms with Crippen LogP contribution in [-0.4, -0.2) is 97.5 Å². The van der Waals surface area contributed by atoms with Crippen LogP contribution in [-0.2, 0) is 38.3 Å².